The molecule has 10 heteroatoms. The van der Waals surface area contributed by atoms with E-state index in [2.05, 4.69) is 15.1 Å². The number of H-pyrrole nitrogens is 2. The third kappa shape index (κ3) is 4.56. The molecule has 6 nitrogen and oxygen atoms in total. The minimum absolute atomic E-state index is 0.00674. The Kier molecular flexibility index (Phi) is 5.48. The Hall–Kier alpha value is -3.17. The highest BCUT2D eigenvalue weighted by molar-refractivity contribution is 5.54. The van der Waals surface area contributed by atoms with Crippen LogP contribution in [-0.4, -0.2) is 15.1 Å². The number of nitrogens with zero attached hydrogens (tertiary/aromatic N) is 1. The Morgan fingerprint density at radius 2 is 1.86 bits per heavy atom. The predicted octanol–water partition coefficient (Wildman–Crippen LogP) is 3.83. The highest BCUT2D eigenvalue weighted by atomic mass is 19.4. The van der Waals surface area contributed by atoms with Crippen LogP contribution < -0.4 is 11.1 Å². The third-order valence-electron chi connectivity index (χ3n) is 4.28. The summed E-state index contributed by atoms with van der Waals surface area (Å²) in [4.78, 5) is 27.5. The van der Waals surface area contributed by atoms with Gasteiger partial charge in [0.1, 0.15) is 5.82 Å². The summed E-state index contributed by atoms with van der Waals surface area (Å²) in [5.41, 5.74) is -0.696. The molecule has 3 aromatic rings. The van der Waals surface area contributed by atoms with E-state index in [0.717, 1.165) is 19.3 Å². The van der Waals surface area contributed by atoms with E-state index in [4.69, 9.17) is 4.52 Å². The Labute approximate surface area is 155 Å². The van der Waals surface area contributed by atoms with Crippen molar-refractivity contribution in [1.82, 2.24) is 15.1 Å². The van der Waals surface area contributed by atoms with E-state index in [-0.39, 0.29) is 22.7 Å². The van der Waals surface area contributed by atoms with Gasteiger partial charge in [-0.3, -0.25) is 14.6 Å². The molecule has 4 rings (SSSR count). The van der Waals surface area contributed by atoms with Crippen molar-refractivity contribution < 1.29 is 22.1 Å². The summed E-state index contributed by atoms with van der Waals surface area (Å²) in [6.07, 6.45) is 0.286. The van der Waals surface area contributed by atoms with Crippen molar-refractivity contribution in [1.29, 1.82) is 0 Å². The molecular weight excluding hydrogens is 382 g/mol. The van der Waals surface area contributed by atoms with Gasteiger partial charge in [-0.25, -0.2) is 4.39 Å². The number of alkyl halides is 3. The van der Waals surface area contributed by atoms with Gasteiger partial charge in [-0.05, 0) is 25.0 Å². The van der Waals surface area contributed by atoms with Gasteiger partial charge in [0.25, 0.3) is 5.56 Å². The molecule has 1 aliphatic carbocycles. The van der Waals surface area contributed by atoms with Crippen LogP contribution in [0.3, 0.4) is 0 Å². The van der Waals surface area contributed by atoms with Gasteiger partial charge in [0.15, 0.2) is 5.76 Å². The first-order valence-corrected chi connectivity index (χ1v) is 8.34. The summed E-state index contributed by atoms with van der Waals surface area (Å²) in [5, 5.41) is 2.16. The average Bonchev–Trinajstić information content (AvgIpc) is 3.02. The number of halogens is 4. The van der Waals surface area contributed by atoms with Gasteiger partial charge in [0.05, 0.1) is 17.3 Å². The molecule has 2 N–H and O–H groups in total. The highest BCUT2D eigenvalue weighted by Crippen LogP contribution is 2.38. The Morgan fingerprint density at radius 3 is 2.32 bits per heavy atom. The van der Waals surface area contributed by atoms with E-state index < -0.39 is 17.6 Å². The molecule has 0 radical (unpaired) electrons. The Morgan fingerprint density at radius 1 is 1.11 bits per heavy atom. The van der Waals surface area contributed by atoms with E-state index in [1.807, 2.05) is 0 Å². The Bertz CT molecular complexity index is 1040. The molecule has 0 aromatic carbocycles. The van der Waals surface area contributed by atoms with Crippen LogP contribution in [0.5, 0.6) is 0 Å². The van der Waals surface area contributed by atoms with Gasteiger partial charge >= 0.3 is 6.18 Å². The number of aromatic nitrogens is 3. The molecular formula is C18H15F4N3O3. The fourth-order valence-corrected chi connectivity index (χ4v) is 2.57. The van der Waals surface area contributed by atoms with E-state index in [0.29, 0.717) is 23.6 Å². The van der Waals surface area contributed by atoms with Crippen LogP contribution in [0.4, 0.5) is 17.6 Å². The normalized spacial score (nSPS) is 14.1. The lowest BCUT2D eigenvalue weighted by molar-refractivity contribution is -0.138. The van der Waals surface area contributed by atoms with E-state index in [1.54, 1.807) is 6.07 Å². The number of aromatic amines is 2. The molecule has 0 unspecified atom stereocenters. The van der Waals surface area contributed by atoms with Crippen LogP contribution in [-0.2, 0) is 6.18 Å². The van der Waals surface area contributed by atoms with Crippen LogP contribution in [0.1, 0.15) is 36.4 Å². The Balaban J connectivity index is 0.000000162. The van der Waals surface area contributed by atoms with Crippen molar-refractivity contribution in [3.8, 4) is 11.3 Å². The molecule has 0 atom stereocenters. The first-order chi connectivity index (χ1) is 13.2. The molecule has 3 heterocycles. The van der Waals surface area contributed by atoms with Crippen molar-refractivity contribution in [3.05, 3.63) is 74.4 Å². The maximum Gasteiger partial charge on any atom is 0.417 e. The molecule has 0 aliphatic heterocycles. The maximum atomic E-state index is 13.3. The summed E-state index contributed by atoms with van der Waals surface area (Å²) in [7, 11) is 0. The zero-order chi connectivity index (χ0) is 20.3. The van der Waals surface area contributed by atoms with Gasteiger partial charge in [-0.2, -0.15) is 18.3 Å². The molecule has 0 saturated heterocycles. The van der Waals surface area contributed by atoms with Crippen molar-refractivity contribution in [2.24, 2.45) is 0 Å². The van der Waals surface area contributed by atoms with Crippen LogP contribution in [0.15, 0.2) is 50.8 Å². The topological polar surface area (TPSA) is 91.8 Å². The smallest absolute Gasteiger partial charge is 0.378 e. The number of pyridine rings is 2. The second kappa shape index (κ2) is 7.83. The summed E-state index contributed by atoms with van der Waals surface area (Å²) in [6.45, 7) is 0. The summed E-state index contributed by atoms with van der Waals surface area (Å²) in [5.74, 6) is -0.428. The van der Waals surface area contributed by atoms with Gasteiger partial charge in [0.2, 0.25) is 5.56 Å². The average molecular weight is 397 g/mol. The second-order valence-electron chi connectivity index (χ2n) is 6.24. The van der Waals surface area contributed by atoms with Crippen molar-refractivity contribution in [2.45, 2.75) is 31.4 Å². The first-order valence-electron chi connectivity index (χ1n) is 8.34. The van der Waals surface area contributed by atoms with E-state index in [1.165, 1.54) is 18.3 Å². The van der Waals surface area contributed by atoms with Crippen LogP contribution in [0.2, 0.25) is 0 Å². The zero-order valence-corrected chi connectivity index (χ0v) is 14.3. The molecule has 0 amide bonds. The van der Waals surface area contributed by atoms with Crippen molar-refractivity contribution in [3.63, 3.8) is 0 Å². The minimum atomic E-state index is -4.52. The standard InChI is InChI=1S/C10H9F4N.C8H6N2O3/c11-8-4-7(10(12,13)14)5-15-9(8)6-2-1-3-6;11-7-2-1-5(4-9-7)6-3-8(12)10-13-6/h4-6H,1-3H2;1-4H,(H,9,11)(H,10,12). The molecule has 28 heavy (non-hydrogen) atoms. The number of hydrogen-bond donors (Lipinski definition) is 2. The molecule has 1 saturated carbocycles. The van der Waals surface area contributed by atoms with Crippen LogP contribution in [0.25, 0.3) is 11.3 Å². The summed E-state index contributed by atoms with van der Waals surface area (Å²) >= 11 is 0. The van der Waals surface area contributed by atoms with Crippen molar-refractivity contribution in [2.75, 3.05) is 0 Å². The molecule has 3 aromatic heterocycles. The fraction of sp³-hybridized carbons (Fsp3) is 0.278. The quantitative estimate of drug-likeness (QED) is 0.643. The monoisotopic (exact) mass is 397 g/mol. The molecule has 1 fully saturated rings. The van der Waals surface area contributed by atoms with Crippen LogP contribution >= 0.6 is 0 Å². The molecule has 0 spiro atoms. The van der Waals surface area contributed by atoms with E-state index >= 15 is 0 Å². The molecule has 1 aliphatic rings. The lowest BCUT2D eigenvalue weighted by atomic mass is 9.82. The van der Waals surface area contributed by atoms with Gasteiger partial charge in [-0.15, -0.1) is 0 Å². The molecule has 0 bridgehead atoms. The van der Waals surface area contributed by atoms with Crippen LogP contribution in [0, 0.1) is 5.82 Å². The lowest BCUT2D eigenvalue weighted by Gasteiger charge is -2.25. The highest BCUT2D eigenvalue weighted by Gasteiger charge is 2.33. The predicted molar refractivity (Wildman–Crippen MR) is 91.2 cm³/mol. The van der Waals surface area contributed by atoms with Crippen molar-refractivity contribution >= 4 is 0 Å². The molecule has 148 valence electrons. The zero-order valence-electron chi connectivity index (χ0n) is 14.3. The maximum absolute atomic E-state index is 13.3. The van der Waals surface area contributed by atoms with Gasteiger partial charge in [0, 0.05) is 29.9 Å². The summed E-state index contributed by atoms with van der Waals surface area (Å²) < 4.78 is 54.7. The minimum Gasteiger partial charge on any atom is -0.378 e. The second-order valence-corrected chi connectivity index (χ2v) is 6.24. The van der Waals surface area contributed by atoms with Gasteiger partial charge in [-0.1, -0.05) is 6.42 Å². The number of nitrogens with one attached hydrogen (secondary N) is 2. The van der Waals surface area contributed by atoms with E-state index in [9.17, 15) is 27.2 Å². The SMILES string of the molecule is Fc1cc(C(F)(F)F)cnc1C1CCC1.O=c1ccc(-c2cc(=O)[nH]o2)c[nH]1. The largest absolute Gasteiger partial charge is 0.417 e. The first kappa shape index (κ1) is 19.6. The third-order valence-corrected chi connectivity index (χ3v) is 4.28. The lowest BCUT2D eigenvalue weighted by Crippen LogP contribution is -2.14. The summed E-state index contributed by atoms with van der Waals surface area (Å²) in [6, 6.07) is 4.78. The number of rotatable bonds is 2. The van der Waals surface area contributed by atoms with Gasteiger partial charge < -0.3 is 9.51 Å². The fourth-order valence-electron chi connectivity index (χ4n) is 2.57. The number of hydrogen-bond acceptors (Lipinski definition) is 4.